The van der Waals surface area contributed by atoms with Gasteiger partial charge in [0, 0.05) is 13.1 Å². The molecule has 1 saturated heterocycles. The summed E-state index contributed by atoms with van der Waals surface area (Å²) in [7, 11) is -2.69. The Hall–Kier alpha value is -2.71. The van der Waals surface area contributed by atoms with Crippen molar-refractivity contribution in [1.82, 2.24) is 4.31 Å². The van der Waals surface area contributed by atoms with Crippen molar-refractivity contribution >= 4 is 22.0 Å². The molecule has 0 atom stereocenters. The highest BCUT2D eigenvalue weighted by Crippen LogP contribution is 2.30. The predicted molar refractivity (Wildman–Crippen MR) is 116 cm³/mol. The number of methoxy groups -OCH3 is 1. The van der Waals surface area contributed by atoms with Crippen molar-refractivity contribution in [2.24, 2.45) is 5.92 Å². The van der Waals surface area contributed by atoms with E-state index in [-0.39, 0.29) is 35.4 Å². The van der Waals surface area contributed by atoms with Gasteiger partial charge in [0.15, 0.2) is 0 Å². The summed E-state index contributed by atoms with van der Waals surface area (Å²) < 4.78 is 38.0. The van der Waals surface area contributed by atoms with E-state index in [1.54, 1.807) is 12.1 Å². The van der Waals surface area contributed by atoms with Gasteiger partial charge < -0.3 is 9.47 Å². The van der Waals surface area contributed by atoms with Crippen LogP contribution < -0.4 is 4.74 Å². The Bertz CT molecular complexity index is 1100. The first-order valence-electron chi connectivity index (χ1n) is 10.1. The van der Waals surface area contributed by atoms with Gasteiger partial charge in [-0.2, -0.15) is 4.31 Å². The number of aryl methyl sites for hydroxylation is 2. The fraction of sp³-hybridized carbons (Fsp3) is 0.391. The van der Waals surface area contributed by atoms with Gasteiger partial charge in [-0.15, -0.1) is 0 Å². The SMILES string of the molecule is COC(=O)c1ccccc1S(=O)(=O)N1CCC(C(=O)Oc2c(C)ccc(C)c2C)CC1. The topological polar surface area (TPSA) is 90.0 Å². The second-order valence-corrected chi connectivity index (χ2v) is 9.65. The van der Waals surface area contributed by atoms with E-state index in [4.69, 9.17) is 9.47 Å². The molecule has 2 aromatic rings. The number of nitrogens with zero attached hydrogens (tertiary/aromatic N) is 1. The molecular formula is C23H27NO6S. The third kappa shape index (κ3) is 4.65. The van der Waals surface area contributed by atoms with E-state index >= 15 is 0 Å². The van der Waals surface area contributed by atoms with Crippen LogP contribution in [0.1, 0.15) is 39.9 Å². The Morgan fingerprint density at radius 3 is 2.23 bits per heavy atom. The lowest BCUT2D eigenvalue weighted by atomic mass is 9.98. The number of hydrogen-bond acceptors (Lipinski definition) is 6. The predicted octanol–water partition coefficient (Wildman–Crippen LogP) is 3.40. The molecular weight excluding hydrogens is 418 g/mol. The average molecular weight is 446 g/mol. The fourth-order valence-corrected chi connectivity index (χ4v) is 5.36. The van der Waals surface area contributed by atoms with Gasteiger partial charge in [-0.05, 0) is 62.4 Å². The number of piperidine rings is 1. The van der Waals surface area contributed by atoms with Crippen LogP contribution in [0.15, 0.2) is 41.3 Å². The molecule has 0 unspecified atom stereocenters. The Morgan fingerprint density at radius 1 is 0.968 bits per heavy atom. The van der Waals surface area contributed by atoms with Gasteiger partial charge in [0.1, 0.15) is 5.75 Å². The van der Waals surface area contributed by atoms with Crippen molar-refractivity contribution in [3.05, 3.63) is 58.7 Å². The fourth-order valence-electron chi connectivity index (χ4n) is 3.71. The van der Waals surface area contributed by atoms with Crippen LogP contribution in [0.4, 0.5) is 0 Å². The zero-order chi connectivity index (χ0) is 22.8. The molecule has 0 spiro atoms. The number of carbonyl (C=O) groups excluding carboxylic acids is 2. The first kappa shape index (κ1) is 23.0. The Balaban J connectivity index is 1.72. The van der Waals surface area contributed by atoms with E-state index in [0.29, 0.717) is 18.6 Å². The quantitative estimate of drug-likeness (QED) is 0.518. The standard InChI is InChI=1S/C23H27NO6S/c1-15-9-10-16(2)21(17(15)3)30-22(25)18-11-13-24(14-12-18)31(27,28)20-8-6-5-7-19(20)23(26)29-4/h5-10,18H,11-14H2,1-4H3. The number of hydrogen-bond donors (Lipinski definition) is 0. The lowest BCUT2D eigenvalue weighted by Gasteiger charge is -2.30. The van der Waals surface area contributed by atoms with Crippen molar-refractivity contribution in [2.75, 3.05) is 20.2 Å². The van der Waals surface area contributed by atoms with Gasteiger partial charge in [0.25, 0.3) is 0 Å². The molecule has 7 nitrogen and oxygen atoms in total. The van der Waals surface area contributed by atoms with Crippen LogP contribution in [0.3, 0.4) is 0 Å². The molecule has 1 heterocycles. The maximum absolute atomic E-state index is 13.1. The van der Waals surface area contributed by atoms with Gasteiger partial charge in [-0.1, -0.05) is 24.3 Å². The summed E-state index contributed by atoms with van der Waals surface area (Å²) in [5, 5.41) is 0. The number of esters is 2. The number of rotatable bonds is 5. The molecule has 0 saturated carbocycles. The van der Waals surface area contributed by atoms with E-state index in [1.807, 2.05) is 32.9 Å². The smallest absolute Gasteiger partial charge is 0.339 e. The van der Waals surface area contributed by atoms with Crippen LogP contribution in [0, 0.1) is 26.7 Å². The Morgan fingerprint density at radius 2 is 1.58 bits per heavy atom. The second kappa shape index (κ2) is 9.20. The van der Waals surface area contributed by atoms with Crippen molar-refractivity contribution in [1.29, 1.82) is 0 Å². The molecule has 31 heavy (non-hydrogen) atoms. The minimum atomic E-state index is -3.89. The van der Waals surface area contributed by atoms with Gasteiger partial charge >= 0.3 is 11.9 Å². The van der Waals surface area contributed by atoms with E-state index in [9.17, 15) is 18.0 Å². The number of ether oxygens (including phenoxy) is 2. The normalized spacial score (nSPS) is 15.5. The van der Waals surface area contributed by atoms with E-state index in [0.717, 1.165) is 16.7 Å². The number of sulfonamides is 1. The minimum Gasteiger partial charge on any atom is -0.465 e. The van der Waals surface area contributed by atoms with Crippen molar-refractivity contribution in [3.63, 3.8) is 0 Å². The molecule has 1 aliphatic heterocycles. The zero-order valence-corrected chi connectivity index (χ0v) is 19.0. The first-order valence-corrected chi connectivity index (χ1v) is 11.6. The summed E-state index contributed by atoms with van der Waals surface area (Å²) in [5.41, 5.74) is 2.85. The lowest BCUT2D eigenvalue weighted by Crippen LogP contribution is -2.41. The minimum absolute atomic E-state index is 0.00284. The number of benzene rings is 2. The molecule has 1 aliphatic rings. The van der Waals surface area contributed by atoms with Crippen molar-refractivity contribution in [2.45, 2.75) is 38.5 Å². The highest BCUT2D eigenvalue weighted by atomic mass is 32.2. The lowest BCUT2D eigenvalue weighted by molar-refractivity contribution is -0.140. The molecule has 0 aliphatic carbocycles. The van der Waals surface area contributed by atoms with Crippen LogP contribution in [0.2, 0.25) is 0 Å². The monoisotopic (exact) mass is 445 g/mol. The number of carbonyl (C=O) groups is 2. The molecule has 0 radical (unpaired) electrons. The largest absolute Gasteiger partial charge is 0.465 e. The Labute approximate surface area is 183 Å². The summed E-state index contributed by atoms with van der Waals surface area (Å²) in [5.74, 6) is -0.862. The van der Waals surface area contributed by atoms with Gasteiger partial charge in [0.2, 0.25) is 10.0 Å². The molecule has 2 aromatic carbocycles. The third-order valence-corrected chi connectivity index (χ3v) is 7.73. The molecule has 0 amide bonds. The molecule has 1 fully saturated rings. The Kier molecular flexibility index (Phi) is 6.81. The molecule has 8 heteroatoms. The van der Waals surface area contributed by atoms with Gasteiger partial charge in [-0.25, -0.2) is 13.2 Å². The summed E-state index contributed by atoms with van der Waals surface area (Å²) >= 11 is 0. The third-order valence-electron chi connectivity index (χ3n) is 5.77. The summed E-state index contributed by atoms with van der Waals surface area (Å²) in [6, 6.07) is 9.87. The van der Waals surface area contributed by atoms with Gasteiger partial charge in [0.05, 0.1) is 23.5 Å². The van der Waals surface area contributed by atoms with E-state index in [2.05, 4.69) is 0 Å². The van der Waals surface area contributed by atoms with Crippen LogP contribution in [-0.2, 0) is 19.6 Å². The molecule has 166 valence electrons. The zero-order valence-electron chi connectivity index (χ0n) is 18.2. The van der Waals surface area contributed by atoms with Crippen LogP contribution in [-0.4, -0.2) is 44.9 Å². The molecule has 0 bridgehead atoms. The summed E-state index contributed by atoms with van der Waals surface area (Å²) in [4.78, 5) is 24.6. The molecule has 0 aromatic heterocycles. The first-order chi connectivity index (χ1) is 14.7. The molecule has 3 rings (SSSR count). The summed E-state index contributed by atoms with van der Waals surface area (Å²) in [6.07, 6.45) is 0.699. The average Bonchev–Trinajstić information content (AvgIpc) is 2.78. The summed E-state index contributed by atoms with van der Waals surface area (Å²) in [6.45, 7) is 6.11. The maximum Gasteiger partial charge on any atom is 0.339 e. The van der Waals surface area contributed by atoms with Crippen LogP contribution >= 0.6 is 0 Å². The highest BCUT2D eigenvalue weighted by Gasteiger charge is 2.35. The molecule has 0 N–H and O–H groups in total. The van der Waals surface area contributed by atoms with Gasteiger partial charge in [-0.3, -0.25) is 4.79 Å². The maximum atomic E-state index is 13.1. The van der Waals surface area contributed by atoms with Crippen molar-refractivity contribution in [3.8, 4) is 5.75 Å². The van der Waals surface area contributed by atoms with Crippen LogP contribution in [0.5, 0.6) is 5.75 Å². The second-order valence-electron chi connectivity index (χ2n) is 7.74. The van der Waals surface area contributed by atoms with Crippen LogP contribution in [0.25, 0.3) is 0 Å². The van der Waals surface area contributed by atoms with Crippen molar-refractivity contribution < 1.29 is 27.5 Å². The van der Waals surface area contributed by atoms with E-state index < -0.39 is 16.0 Å². The highest BCUT2D eigenvalue weighted by molar-refractivity contribution is 7.89. The van der Waals surface area contributed by atoms with E-state index in [1.165, 1.54) is 23.5 Å².